The molecule has 41 heavy (non-hydrogen) atoms. The maximum atomic E-state index is 13.6. The first-order valence-corrected chi connectivity index (χ1v) is 15.0. The number of aliphatic imine (C=N–C) groups is 1. The van der Waals surface area contributed by atoms with Crippen LogP contribution in [-0.4, -0.2) is 19.2 Å². The number of nitrogens with one attached hydrogen (secondary N) is 1. The van der Waals surface area contributed by atoms with Crippen LogP contribution < -0.4 is 14.8 Å². The average Bonchev–Trinajstić information content (AvgIpc) is 3.34. The summed E-state index contributed by atoms with van der Waals surface area (Å²) in [7, 11) is 1.61. The zero-order chi connectivity index (χ0) is 29.0. The second-order valence-electron chi connectivity index (χ2n) is 11.4. The number of halogens is 1. The molecule has 4 aromatic rings. The highest BCUT2D eigenvalue weighted by Crippen LogP contribution is 2.45. The van der Waals surface area contributed by atoms with E-state index in [9.17, 15) is 4.79 Å². The van der Waals surface area contributed by atoms with Crippen LogP contribution in [0.1, 0.15) is 59.1 Å². The normalized spacial score (nSPS) is 15.0. The Morgan fingerprint density at radius 1 is 1.07 bits per heavy atom. The van der Waals surface area contributed by atoms with Crippen LogP contribution in [0.2, 0.25) is 5.02 Å². The van der Waals surface area contributed by atoms with Gasteiger partial charge in [-0.1, -0.05) is 68.8 Å². The van der Waals surface area contributed by atoms with Crippen molar-refractivity contribution in [2.45, 2.75) is 46.6 Å². The smallest absolute Gasteiger partial charge is 0.259 e. The van der Waals surface area contributed by atoms with Gasteiger partial charge in [0.25, 0.3) is 5.91 Å². The van der Waals surface area contributed by atoms with Gasteiger partial charge in [-0.2, -0.15) is 0 Å². The Labute approximate surface area is 251 Å². The predicted molar refractivity (Wildman–Crippen MR) is 170 cm³/mol. The molecule has 1 N–H and O–H groups in total. The lowest BCUT2D eigenvalue weighted by Crippen LogP contribution is -2.27. The summed E-state index contributed by atoms with van der Waals surface area (Å²) in [4.78, 5) is 19.7. The third kappa shape index (κ3) is 6.83. The molecule has 0 fully saturated rings. The fourth-order valence-electron chi connectivity index (χ4n) is 5.14. The summed E-state index contributed by atoms with van der Waals surface area (Å²) in [5.41, 5.74) is 4.55. The lowest BCUT2D eigenvalue weighted by atomic mass is 9.72. The molecule has 5 nitrogen and oxygen atoms in total. The van der Waals surface area contributed by atoms with Crippen molar-refractivity contribution < 1.29 is 14.3 Å². The molecule has 0 saturated carbocycles. The average molecular weight is 587 g/mol. The Morgan fingerprint density at radius 3 is 2.56 bits per heavy atom. The van der Waals surface area contributed by atoms with E-state index in [0.717, 1.165) is 46.6 Å². The molecule has 0 saturated heterocycles. The van der Waals surface area contributed by atoms with E-state index in [-0.39, 0.29) is 11.3 Å². The minimum Gasteiger partial charge on any atom is -0.493 e. The molecule has 1 heterocycles. The Hall–Kier alpha value is -3.61. The number of rotatable bonds is 8. The lowest BCUT2D eigenvalue weighted by molar-refractivity contribution is 0.102. The first-order chi connectivity index (χ1) is 19.7. The zero-order valence-corrected chi connectivity index (χ0v) is 25.4. The summed E-state index contributed by atoms with van der Waals surface area (Å²) >= 11 is 7.91. The Balaban J connectivity index is 1.41. The molecule has 1 aliphatic rings. The number of para-hydroxylation sites is 1. The number of carbonyl (C=O) groups is 1. The monoisotopic (exact) mass is 586 g/mol. The first kappa shape index (κ1) is 28.9. The van der Waals surface area contributed by atoms with Gasteiger partial charge in [-0.25, -0.2) is 4.99 Å². The van der Waals surface area contributed by atoms with Crippen molar-refractivity contribution in [2.75, 3.05) is 12.4 Å². The molecular weight excluding hydrogens is 552 g/mol. The number of anilines is 1. The highest BCUT2D eigenvalue weighted by atomic mass is 35.5. The molecule has 1 aliphatic carbocycles. The van der Waals surface area contributed by atoms with Crippen LogP contribution in [0.25, 0.3) is 0 Å². The molecule has 3 aromatic carbocycles. The standard InChI is InChI=1S/C34H35ClN2O3S/c1-34(2,3)24-15-16-26-30(19-24)41-33(31(26)32(38)37-25-11-6-5-7-12-25)36-20-22-14-17-28(29(18-22)39-4)40-21-23-10-8-9-13-27(23)35/h5-14,17-18,20,24H,15-16,19,21H2,1-4H3,(H,37,38)/t24-/m0/s1. The van der Waals surface area contributed by atoms with Crippen molar-refractivity contribution in [3.8, 4) is 11.5 Å². The molecule has 0 unspecified atom stereocenters. The quantitative estimate of drug-likeness (QED) is 0.209. The van der Waals surface area contributed by atoms with Crippen molar-refractivity contribution in [1.29, 1.82) is 0 Å². The Kier molecular flexibility index (Phi) is 8.81. The molecule has 1 amide bonds. The van der Waals surface area contributed by atoms with Gasteiger partial charge in [-0.05, 0) is 78.1 Å². The van der Waals surface area contributed by atoms with Gasteiger partial charge in [0.05, 0.1) is 12.7 Å². The summed E-state index contributed by atoms with van der Waals surface area (Å²) in [5, 5.41) is 4.47. The number of fused-ring (bicyclic) bond motifs is 1. The summed E-state index contributed by atoms with van der Waals surface area (Å²) in [6, 6.07) is 22.9. The van der Waals surface area contributed by atoms with Gasteiger partial charge in [-0.3, -0.25) is 4.79 Å². The molecule has 0 bridgehead atoms. The van der Waals surface area contributed by atoms with Gasteiger partial charge in [0, 0.05) is 27.4 Å². The van der Waals surface area contributed by atoms with Crippen molar-refractivity contribution in [1.82, 2.24) is 0 Å². The summed E-state index contributed by atoms with van der Waals surface area (Å²) in [6.07, 6.45) is 4.70. The number of thiophene rings is 1. The number of hydrogen-bond acceptors (Lipinski definition) is 5. The van der Waals surface area contributed by atoms with E-state index in [1.54, 1.807) is 24.7 Å². The molecule has 1 aromatic heterocycles. The molecule has 0 spiro atoms. The first-order valence-electron chi connectivity index (χ1n) is 13.8. The van der Waals surface area contributed by atoms with Crippen molar-refractivity contribution in [3.05, 3.63) is 105 Å². The van der Waals surface area contributed by atoms with E-state index >= 15 is 0 Å². The number of ether oxygens (including phenoxy) is 2. The largest absolute Gasteiger partial charge is 0.493 e. The number of amides is 1. The molecular formula is C34H35ClN2O3S. The maximum Gasteiger partial charge on any atom is 0.259 e. The maximum absolute atomic E-state index is 13.6. The highest BCUT2D eigenvalue weighted by Gasteiger charge is 2.33. The van der Waals surface area contributed by atoms with E-state index in [1.165, 1.54) is 4.88 Å². The molecule has 0 aliphatic heterocycles. The number of nitrogens with zero attached hydrogens (tertiary/aromatic N) is 1. The second kappa shape index (κ2) is 12.5. The Bertz CT molecular complexity index is 1560. The molecule has 212 valence electrons. The Morgan fingerprint density at radius 2 is 1.83 bits per heavy atom. The molecule has 0 radical (unpaired) electrons. The van der Waals surface area contributed by atoms with E-state index in [0.29, 0.717) is 34.6 Å². The van der Waals surface area contributed by atoms with Crippen LogP contribution in [0.3, 0.4) is 0 Å². The van der Waals surface area contributed by atoms with Crippen LogP contribution in [-0.2, 0) is 19.4 Å². The van der Waals surface area contributed by atoms with Gasteiger partial charge in [-0.15, -0.1) is 11.3 Å². The van der Waals surface area contributed by atoms with E-state index < -0.39 is 0 Å². The van der Waals surface area contributed by atoms with Gasteiger partial charge in [0.15, 0.2) is 11.5 Å². The van der Waals surface area contributed by atoms with Gasteiger partial charge < -0.3 is 14.8 Å². The number of carbonyl (C=O) groups excluding carboxylic acids is 1. The van der Waals surface area contributed by atoms with Crippen molar-refractivity contribution >= 4 is 45.7 Å². The lowest BCUT2D eigenvalue weighted by Gasteiger charge is -2.33. The summed E-state index contributed by atoms with van der Waals surface area (Å²) in [6.45, 7) is 7.23. The predicted octanol–water partition coefficient (Wildman–Crippen LogP) is 9.14. The van der Waals surface area contributed by atoms with Crippen LogP contribution >= 0.6 is 22.9 Å². The van der Waals surface area contributed by atoms with E-state index in [4.69, 9.17) is 26.1 Å². The van der Waals surface area contributed by atoms with E-state index in [1.807, 2.05) is 72.8 Å². The molecule has 5 rings (SSSR count). The van der Waals surface area contributed by atoms with Crippen molar-refractivity contribution in [3.63, 3.8) is 0 Å². The van der Waals surface area contributed by atoms with Crippen LogP contribution in [0.5, 0.6) is 11.5 Å². The van der Waals surface area contributed by atoms with E-state index in [2.05, 4.69) is 26.1 Å². The minimum absolute atomic E-state index is 0.115. The zero-order valence-electron chi connectivity index (χ0n) is 23.9. The summed E-state index contributed by atoms with van der Waals surface area (Å²) in [5.74, 6) is 1.67. The van der Waals surface area contributed by atoms with Crippen LogP contribution in [0.15, 0.2) is 77.8 Å². The fraction of sp³-hybridized carbons (Fsp3) is 0.294. The minimum atomic E-state index is -0.115. The van der Waals surface area contributed by atoms with Crippen molar-refractivity contribution in [2.24, 2.45) is 16.3 Å². The van der Waals surface area contributed by atoms with Crippen LogP contribution in [0.4, 0.5) is 10.7 Å². The highest BCUT2D eigenvalue weighted by molar-refractivity contribution is 7.16. The number of benzene rings is 3. The second-order valence-corrected chi connectivity index (χ2v) is 12.8. The molecule has 7 heteroatoms. The van der Waals surface area contributed by atoms with Gasteiger partial charge in [0.2, 0.25) is 0 Å². The fourth-order valence-corrected chi connectivity index (χ4v) is 6.60. The van der Waals surface area contributed by atoms with Crippen LogP contribution in [0, 0.1) is 11.3 Å². The third-order valence-electron chi connectivity index (χ3n) is 7.59. The summed E-state index contributed by atoms with van der Waals surface area (Å²) < 4.78 is 11.6. The topological polar surface area (TPSA) is 59.9 Å². The number of methoxy groups -OCH3 is 1. The van der Waals surface area contributed by atoms with Gasteiger partial charge in [0.1, 0.15) is 11.6 Å². The molecule has 1 atom stereocenters. The third-order valence-corrected chi connectivity index (χ3v) is 9.12. The number of hydrogen-bond donors (Lipinski definition) is 1. The van der Waals surface area contributed by atoms with Gasteiger partial charge >= 0.3 is 0 Å². The SMILES string of the molecule is COc1cc(C=Nc2sc3c(c2C(=O)Nc2ccccc2)CC[C@H](C(C)(C)C)C3)ccc1OCc1ccccc1Cl.